The summed E-state index contributed by atoms with van der Waals surface area (Å²) in [5.74, 6) is -0.494. The van der Waals surface area contributed by atoms with E-state index >= 15 is 0 Å². The Bertz CT molecular complexity index is 439. The molecule has 1 fully saturated rings. The highest BCUT2D eigenvalue weighted by Gasteiger charge is 2.29. The molecule has 0 N–H and O–H groups in total. The van der Waals surface area contributed by atoms with Crippen LogP contribution < -0.4 is 0 Å². The molecule has 5 heteroatoms. The van der Waals surface area contributed by atoms with Crippen molar-refractivity contribution in [3.8, 4) is 0 Å². The highest BCUT2D eigenvalue weighted by Crippen LogP contribution is 2.23. The van der Waals surface area contributed by atoms with Crippen molar-refractivity contribution in [3.05, 3.63) is 34.6 Å². The molecule has 1 aliphatic rings. The summed E-state index contributed by atoms with van der Waals surface area (Å²) in [5, 5.41) is 0.286. The van der Waals surface area contributed by atoms with Crippen LogP contribution in [0.15, 0.2) is 18.2 Å². The number of nitrogens with zero attached hydrogens (tertiary/aromatic N) is 1. The van der Waals surface area contributed by atoms with Gasteiger partial charge in [0.05, 0.1) is 5.56 Å². The molecule has 1 saturated heterocycles. The lowest BCUT2D eigenvalue weighted by Gasteiger charge is -2.23. The van der Waals surface area contributed by atoms with Crippen molar-refractivity contribution in [3.63, 3.8) is 0 Å². The van der Waals surface area contributed by atoms with Crippen LogP contribution in [0.1, 0.15) is 23.2 Å². The van der Waals surface area contributed by atoms with Gasteiger partial charge in [-0.3, -0.25) is 4.79 Å². The predicted molar refractivity (Wildman–Crippen MR) is 66.2 cm³/mol. The Labute approximate surface area is 109 Å². The topological polar surface area (TPSA) is 20.3 Å². The van der Waals surface area contributed by atoms with E-state index in [-0.39, 0.29) is 22.5 Å². The number of carbonyl (C=O) groups excluding carboxylic acids is 1. The molecular formula is C12H12Cl2FNO. The summed E-state index contributed by atoms with van der Waals surface area (Å²) >= 11 is 11.4. The fourth-order valence-electron chi connectivity index (χ4n) is 2.08. The number of likely N-dealkylation sites (tertiary alicyclic amines) is 1. The van der Waals surface area contributed by atoms with E-state index in [4.69, 9.17) is 23.2 Å². The molecule has 1 atom stereocenters. The molecular weight excluding hydrogens is 264 g/mol. The van der Waals surface area contributed by atoms with Crippen molar-refractivity contribution in [2.24, 2.45) is 0 Å². The molecule has 1 aromatic rings. The maximum absolute atomic E-state index is 13.6. The molecule has 2 rings (SSSR count). The van der Waals surface area contributed by atoms with E-state index in [1.807, 2.05) is 0 Å². The SMILES string of the molecule is O=C(c1ccc(Cl)cc1F)N1CCCC1CCl. The number of benzene rings is 1. The smallest absolute Gasteiger partial charge is 0.257 e. The summed E-state index contributed by atoms with van der Waals surface area (Å²) in [6.07, 6.45) is 1.79. The number of alkyl halides is 1. The monoisotopic (exact) mass is 275 g/mol. The van der Waals surface area contributed by atoms with Crippen molar-refractivity contribution < 1.29 is 9.18 Å². The first kappa shape index (κ1) is 12.7. The first-order chi connectivity index (χ1) is 8.13. The highest BCUT2D eigenvalue weighted by atomic mass is 35.5. The van der Waals surface area contributed by atoms with Crippen LogP contribution in [-0.2, 0) is 0 Å². The lowest BCUT2D eigenvalue weighted by Crippen LogP contribution is -2.37. The van der Waals surface area contributed by atoms with Crippen molar-refractivity contribution in [2.75, 3.05) is 12.4 Å². The normalized spacial score (nSPS) is 19.7. The Balaban J connectivity index is 2.24. The lowest BCUT2D eigenvalue weighted by molar-refractivity contribution is 0.0744. The van der Waals surface area contributed by atoms with Gasteiger partial charge in [-0.1, -0.05) is 11.6 Å². The first-order valence-electron chi connectivity index (χ1n) is 5.45. The fraction of sp³-hybridized carbons (Fsp3) is 0.417. The molecule has 1 aliphatic heterocycles. The molecule has 2 nitrogen and oxygen atoms in total. The van der Waals surface area contributed by atoms with Gasteiger partial charge in [0, 0.05) is 23.5 Å². The molecule has 1 unspecified atom stereocenters. The summed E-state index contributed by atoms with van der Waals surface area (Å²) in [4.78, 5) is 13.8. The number of amides is 1. The van der Waals surface area contributed by atoms with Crippen LogP contribution in [0, 0.1) is 5.82 Å². The second-order valence-electron chi connectivity index (χ2n) is 4.07. The van der Waals surface area contributed by atoms with E-state index in [9.17, 15) is 9.18 Å². The van der Waals surface area contributed by atoms with E-state index in [1.54, 1.807) is 4.90 Å². The van der Waals surface area contributed by atoms with Gasteiger partial charge >= 0.3 is 0 Å². The van der Waals surface area contributed by atoms with Crippen LogP contribution in [-0.4, -0.2) is 29.3 Å². The average Bonchev–Trinajstić information content (AvgIpc) is 2.76. The molecule has 0 spiro atoms. The molecule has 17 heavy (non-hydrogen) atoms. The van der Waals surface area contributed by atoms with Gasteiger partial charge in [-0.15, -0.1) is 11.6 Å². The lowest BCUT2D eigenvalue weighted by atomic mass is 10.1. The van der Waals surface area contributed by atoms with Crippen molar-refractivity contribution in [1.82, 2.24) is 4.90 Å². The molecule has 1 amide bonds. The zero-order chi connectivity index (χ0) is 12.4. The standard InChI is InChI=1S/C12H12Cl2FNO/c13-7-9-2-1-5-16(9)12(17)10-4-3-8(14)6-11(10)15/h3-4,6,9H,1-2,5,7H2. The zero-order valence-corrected chi connectivity index (χ0v) is 10.6. The van der Waals surface area contributed by atoms with Gasteiger partial charge in [0.15, 0.2) is 0 Å². The van der Waals surface area contributed by atoms with E-state index in [0.29, 0.717) is 12.4 Å². The van der Waals surface area contributed by atoms with Gasteiger partial charge in [-0.05, 0) is 31.0 Å². The van der Waals surface area contributed by atoms with Crippen molar-refractivity contribution in [2.45, 2.75) is 18.9 Å². The Morgan fingerprint density at radius 3 is 2.94 bits per heavy atom. The molecule has 0 aromatic heterocycles. The molecule has 1 heterocycles. The Morgan fingerprint density at radius 2 is 2.29 bits per heavy atom. The fourth-order valence-corrected chi connectivity index (χ4v) is 2.56. The minimum absolute atomic E-state index is 0.0132. The van der Waals surface area contributed by atoms with E-state index in [1.165, 1.54) is 12.1 Å². The van der Waals surface area contributed by atoms with Crippen LogP contribution in [0.3, 0.4) is 0 Å². The van der Waals surface area contributed by atoms with Gasteiger partial charge < -0.3 is 4.90 Å². The van der Waals surface area contributed by atoms with Gasteiger partial charge in [0.2, 0.25) is 0 Å². The largest absolute Gasteiger partial charge is 0.334 e. The molecule has 0 bridgehead atoms. The molecule has 0 radical (unpaired) electrons. The number of hydrogen-bond acceptors (Lipinski definition) is 1. The Morgan fingerprint density at radius 1 is 1.53 bits per heavy atom. The highest BCUT2D eigenvalue weighted by molar-refractivity contribution is 6.30. The summed E-state index contributed by atoms with van der Waals surface area (Å²) in [6.45, 7) is 0.637. The Kier molecular flexibility index (Phi) is 3.89. The molecule has 92 valence electrons. The summed E-state index contributed by atoms with van der Waals surface area (Å²) in [6, 6.07) is 4.10. The summed E-state index contributed by atoms with van der Waals surface area (Å²) in [5.41, 5.74) is 0.0615. The average molecular weight is 276 g/mol. The third kappa shape index (κ3) is 2.55. The van der Waals surface area contributed by atoms with Crippen molar-refractivity contribution in [1.29, 1.82) is 0 Å². The maximum atomic E-state index is 13.6. The Hall–Kier alpha value is -0.800. The first-order valence-corrected chi connectivity index (χ1v) is 6.36. The zero-order valence-electron chi connectivity index (χ0n) is 9.13. The van der Waals surface area contributed by atoms with Gasteiger partial charge in [0.1, 0.15) is 5.82 Å². The molecule has 0 aliphatic carbocycles. The summed E-state index contributed by atoms with van der Waals surface area (Å²) < 4.78 is 13.6. The quantitative estimate of drug-likeness (QED) is 0.759. The number of hydrogen-bond donors (Lipinski definition) is 0. The predicted octanol–water partition coefficient (Wildman–Crippen LogP) is 3.32. The van der Waals surface area contributed by atoms with Crippen LogP contribution in [0.4, 0.5) is 4.39 Å². The third-order valence-corrected chi connectivity index (χ3v) is 3.57. The van der Waals surface area contributed by atoms with Crippen molar-refractivity contribution >= 4 is 29.1 Å². The molecule has 0 saturated carbocycles. The number of carbonyl (C=O) groups is 1. The van der Waals surface area contributed by atoms with Crippen LogP contribution in [0.25, 0.3) is 0 Å². The van der Waals surface area contributed by atoms with Crippen LogP contribution in [0.2, 0.25) is 5.02 Å². The van der Waals surface area contributed by atoms with Gasteiger partial charge in [-0.25, -0.2) is 4.39 Å². The number of rotatable bonds is 2. The van der Waals surface area contributed by atoms with Crippen LogP contribution in [0.5, 0.6) is 0 Å². The van der Waals surface area contributed by atoms with E-state index in [0.717, 1.165) is 18.9 Å². The van der Waals surface area contributed by atoms with E-state index < -0.39 is 5.82 Å². The minimum Gasteiger partial charge on any atom is -0.334 e. The van der Waals surface area contributed by atoms with Crippen LogP contribution >= 0.6 is 23.2 Å². The second-order valence-corrected chi connectivity index (χ2v) is 4.82. The minimum atomic E-state index is -0.581. The third-order valence-electron chi connectivity index (χ3n) is 2.98. The molecule has 1 aromatic carbocycles. The second kappa shape index (κ2) is 5.23. The summed E-state index contributed by atoms with van der Waals surface area (Å²) in [7, 11) is 0. The van der Waals surface area contributed by atoms with Gasteiger partial charge in [-0.2, -0.15) is 0 Å². The van der Waals surface area contributed by atoms with Gasteiger partial charge in [0.25, 0.3) is 5.91 Å². The number of halogens is 3. The van der Waals surface area contributed by atoms with E-state index in [2.05, 4.69) is 0 Å². The maximum Gasteiger partial charge on any atom is 0.257 e.